The molecule has 0 aliphatic heterocycles. The Morgan fingerprint density at radius 1 is 1.07 bits per heavy atom. The van der Waals surface area contributed by atoms with Gasteiger partial charge in [0.25, 0.3) is 11.5 Å². The summed E-state index contributed by atoms with van der Waals surface area (Å²) in [6, 6.07) is 14.3. The summed E-state index contributed by atoms with van der Waals surface area (Å²) in [5.74, 6) is -1.53. The highest BCUT2D eigenvalue weighted by molar-refractivity contribution is 6.03. The average Bonchev–Trinajstić information content (AvgIpc) is 2.64. The first-order valence-corrected chi connectivity index (χ1v) is 7.96. The van der Waals surface area contributed by atoms with Gasteiger partial charge in [-0.3, -0.25) is 14.4 Å². The number of aromatic nitrogens is 2. The number of anilines is 1. The average molecular weight is 366 g/mol. The van der Waals surface area contributed by atoms with Gasteiger partial charge >= 0.3 is 0 Å². The number of primary amides is 1. The molecule has 1 aromatic heterocycles. The van der Waals surface area contributed by atoms with Gasteiger partial charge in [0, 0.05) is 17.3 Å². The number of hydrogen-bond acceptors (Lipinski definition) is 4. The third-order valence-electron chi connectivity index (χ3n) is 3.75. The molecule has 0 spiro atoms. The highest BCUT2D eigenvalue weighted by atomic mass is 19.1. The maximum absolute atomic E-state index is 13.3. The Labute approximate surface area is 153 Å². The molecule has 27 heavy (non-hydrogen) atoms. The molecule has 0 unspecified atom stereocenters. The predicted molar refractivity (Wildman–Crippen MR) is 96.9 cm³/mol. The van der Waals surface area contributed by atoms with Gasteiger partial charge in [0.05, 0.1) is 6.54 Å². The number of nitrogens with two attached hydrogens (primary N) is 1. The molecule has 3 rings (SSSR count). The number of carbonyl (C=O) groups is 2. The number of amides is 2. The van der Waals surface area contributed by atoms with E-state index in [2.05, 4.69) is 10.4 Å². The van der Waals surface area contributed by atoms with Gasteiger partial charge in [-0.2, -0.15) is 5.10 Å². The number of carbonyl (C=O) groups excluding carboxylic acids is 2. The number of nitrogens with zero attached hydrogens (tertiary/aromatic N) is 2. The number of benzene rings is 2. The summed E-state index contributed by atoms with van der Waals surface area (Å²) in [6.07, 6.45) is 0. The van der Waals surface area contributed by atoms with E-state index in [1.807, 2.05) is 0 Å². The Balaban J connectivity index is 1.79. The zero-order valence-corrected chi connectivity index (χ0v) is 14.1. The molecule has 3 N–H and O–H groups in total. The second-order valence-electron chi connectivity index (χ2n) is 5.74. The van der Waals surface area contributed by atoms with E-state index in [0.29, 0.717) is 16.8 Å². The van der Waals surface area contributed by atoms with Crippen molar-refractivity contribution in [3.8, 4) is 0 Å². The first kappa shape index (κ1) is 18.0. The molecule has 1 heterocycles. The molecule has 0 aliphatic rings. The Kier molecular flexibility index (Phi) is 5.07. The summed E-state index contributed by atoms with van der Waals surface area (Å²) in [5, 5.41) is 6.65. The zero-order chi connectivity index (χ0) is 19.4. The van der Waals surface area contributed by atoms with Crippen LogP contribution < -0.4 is 16.6 Å². The Hall–Kier alpha value is -3.81. The van der Waals surface area contributed by atoms with Crippen LogP contribution in [0.15, 0.2) is 65.5 Å². The summed E-state index contributed by atoms with van der Waals surface area (Å²) in [4.78, 5) is 35.4. The second kappa shape index (κ2) is 7.61. The van der Waals surface area contributed by atoms with Gasteiger partial charge in [-0.15, -0.1) is 0 Å². The van der Waals surface area contributed by atoms with E-state index >= 15 is 0 Å². The molecule has 0 radical (unpaired) electrons. The lowest BCUT2D eigenvalue weighted by Gasteiger charge is -2.08. The third kappa shape index (κ3) is 4.43. The summed E-state index contributed by atoms with van der Waals surface area (Å²) in [7, 11) is 0. The van der Waals surface area contributed by atoms with Crippen molar-refractivity contribution in [2.24, 2.45) is 5.73 Å². The molecular weight excluding hydrogens is 351 g/mol. The van der Waals surface area contributed by atoms with Crippen LogP contribution in [0.25, 0.3) is 0 Å². The Morgan fingerprint density at radius 3 is 2.48 bits per heavy atom. The van der Waals surface area contributed by atoms with Gasteiger partial charge in [-0.25, -0.2) is 9.07 Å². The summed E-state index contributed by atoms with van der Waals surface area (Å²) in [6.45, 7) is 0.0328. The van der Waals surface area contributed by atoms with Crippen LogP contribution in [0.2, 0.25) is 0 Å². The molecule has 7 nitrogen and oxygen atoms in total. The first-order valence-electron chi connectivity index (χ1n) is 7.96. The highest BCUT2D eigenvalue weighted by Gasteiger charge is 2.11. The van der Waals surface area contributed by atoms with Crippen molar-refractivity contribution in [3.63, 3.8) is 0 Å². The van der Waals surface area contributed by atoms with Crippen LogP contribution in [0.4, 0.5) is 10.1 Å². The fourth-order valence-electron chi connectivity index (χ4n) is 2.40. The molecule has 2 amide bonds. The Morgan fingerprint density at radius 2 is 1.81 bits per heavy atom. The van der Waals surface area contributed by atoms with Crippen LogP contribution in [-0.2, 0) is 6.54 Å². The van der Waals surface area contributed by atoms with Crippen molar-refractivity contribution >= 4 is 17.5 Å². The van der Waals surface area contributed by atoms with Crippen LogP contribution in [-0.4, -0.2) is 21.6 Å². The molecule has 136 valence electrons. The lowest BCUT2D eigenvalue weighted by atomic mass is 10.2. The second-order valence-corrected chi connectivity index (χ2v) is 5.74. The number of nitrogens with one attached hydrogen (secondary N) is 1. The SMILES string of the molecule is NC(=O)c1ccc(NC(=O)c2ccc(=O)n(Cc3cccc(F)c3)n2)cc1. The summed E-state index contributed by atoms with van der Waals surface area (Å²) >= 11 is 0. The first-order chi connectivity index (χ1) is 12.9. The van der Waals surface area contributed by atoms with E-state index in [1.54, 1.807) is 6.07 Å². The molecular formula is C19H15FN4O3. The molecule has 3 aromatic rings. The predicted octanol–water partition coefficient (Wildman–Crippen LogP) is 1.78. The van der Waals surface area contributed by atoms with Crippen LogP contribution in [0.3, 0.4) is 0 Å². The third-order valence-corrected chi connectivity index (χ3v) is 3.75. The van der Waals surface area contributed by atoms with Crippen LogP contribution in [0.5, 0.6) is 0 Å². The molecule has 0 saturated carbocycles. The molecule has 0 saturated heterocycles. The summed E-state index contributed by atoms with van der Waals surface area (Å²) in [5.41, 5.74) is 6.07. The molecule has 8 heteroatoms. The minimum absolute atomic E-state index is 0.0185. The van der Waals surface area contributed by atoms with Crippen LogP contribution in [0.1, 0.15) is 26.4 Å². The van der Waals surface area contributed by atoms with E-state index in [0.717, 1.165) is 4.68 Å². The van der Waals surface area contributed by atoms with Crippen molar-refractivity contribution in [2.45, 2.75) is 6.54 Å². The molecule has 0 bridgehead atoms. The monoisotopic (exact) mass is 366 g/mol. The van der Waals surface area contributed by atoms with E-state index < -0.39 is 23.2 Å². The lowest BCUT2D eigenvalue weighted by molar-refractivity contribution is 0.0997. The minimum Gasteiger partial charge on any atom is -0.366 e. The normalized spacial score (nSPS) is 10.4. The standard InChI is InChI=1S/C19H15FN4O3/c20-14-3-1-2-12(10-14)11-24-17(25)9-8-16(23-24)19(27)22-15-6-4-13(5-7-15)18(21)26/h1-10H,11H2,(H2,21,26)(H,22,27). The molecule has 0 atom stereocenters. The van der Waals surface area contributed by atoms with E-state index in [9.17, 15) is 18.8 Å². The quantitative estimate of drug-likeness (QED) is 0.718. The summed E-state index contributed by atoms with van der Waals surface area (Å²) < 4.78 is 14.4. The van der Waals surface area contributed by atoms with E-state index in [1.165, 1.54) is 54.6 Å². The van der Waals surface area contributed by atoms with Gasteiger partial charge in [0.2, 0.25) is 5.91 Å². The van der Waals surface area contributed by atoms with E-state index in [4.69, 9.17) is 5.73 Å². The van der Waals surface area contributed by atoms with Gasteiger partial charge in [0.1, 0.15) is 11.5 Å². The van der Waals surface area contributed by atoms with Crippen molar-refractivity contribution in [3.05, 3.63) is 93.7 Å². The maximum atomic E-state index is 13.3. The van der Waals surface area contributed by atoms with Crippen LogP contribution >= 0.6 is 0 Å². The van der Waals surface area contributed by atoms with Crippen LogP contribution in [0, 0.1) is 5.82 Å². The Bertz CT molecular complexity index is 1060. The van der Waals surface area contributed by atoms with Gasteiger partial charge in [-0.1, -0.05) is 12.1 Å². The fourth-order valence-corrected chi connectivity index (χ4v) is 2.40. The smallest absolute Gasteiger partial charge is 0.276 e. The van der Waals surface area contributed by atoms with Crippen molar-refractivity contribution in [1.29, 1.82) is 0 Å². The maximum Gasteiger partial charge on any atom is 0.276 e. The van der Waals surface area contributed by atoms with Crippen molar-refractivity contribution in [2.75, 3.05) is 5.32 Å². The number of hydrogen-bond donors (Lipinski definition) is 2. The molecule has 0 aliphatic carbocycles. The molecule has 2 aromatic carbocycles. The lowest BCUT2D eigenvalue weighted by Crippen LogP contribution is -2.26. The van der Waals surface area contributed by atoms with Gasteiger partial charge in [-0.05, 0) is 48.0 Å². The van der Waals surface area contributed by atoms with Gasteiger partial charge < -0.3 is 11.1 Å². The molecule has 0 fully saturated rings. The topological polar surface area (TPSA) is 107 Å². The van der Waals surface area contributed by atoms with E-state index in [-0.39, 0.29) is 12.2 Å². The van der Waals surface area contributed by atoms with Crippen molar-refractivity contribution < 1.29 is 14.0 Å². The number of halogens is 1. The highest BCUT2D eigenvalue weighted by Crippen LogP contribution is 2.10. The van der Waals surface area contributed by atoms with Crippen molar-refractivity contribution in [1.82, 2.24) is 9.78 Å². The zero-order valence-electron chi connectivity index (χ0n) is 14.1. The minimum atomic E-state index is -0.570. The number of rotatable bonds is 5. The fraction of sp³-hybridized carbons (Fsp3) is 0.0526. The van der Waals surface area contributed by atoms with Gasteiger partial charge in [0.15, 0.2) is 0 Å². The largest absolute Gasteiger partial charge is 0.366 e.